The Bertz CT molecular complexity index is 793. The van der Waals surface area contributed by atoms with Crippen molar-refractivity contribution in [3.8, 4) is 0 Å². The minimum absolute atomic E-state index is 0.106. The molecule has 1 aliphatic heterocycles. The first-order valence-electron chi connectivity index (χ1n) is 8.29. The van der Waals surface area contributed by atoms with Gasteiger partial charge in [0.05, 0.1) is 30.8 Å². The molecular weight excluding hydrogens is 360 g/mol. The molecular formula is C18H22ClN2O3S+. The van der Waals surface area contributed by atoms with Gasteiger partial charge in [-0.25, -0.2) is 8.42 Å². The van der Waals surface area contributed by atoms with Crippen LogP contribution < -0.4 is 9.62 Å². The van der Waals surface area contributed by atoms with Gasteiger partial charge in [0.2, 0.25) is 10.0 Å². The summed E-state index contributed by atoms with van der Waals surface area (Å²) < 4.78 is 33.9. The quantitative estimate of drug-likeness (QED) is 0.792. The van der Waals surface area contributed by atoms with Crippen LogP contribution in [0.5, 0.6) is 0 Å². The number of nitrogens with one attached hydrogen (secondary N) is 2. The molecule has 0 aliphatic carbocycles. The summed E-state index contributed by atoms with van der Waals surface area (Å²) >= 11 is 6.09. The number of benzene rings is 2. The monoisotopic (exact) mass is 381 g/mol. The number of quaternary nitrogens is 1. The Hall–Kier alpha value is -1.44. The van der Waals surface area contributed by atoms with E-state index in [-0.39, 0.29) is 16.0 Å². The summed E-state index contributed by atoms with van der Waals surface area (Å²) in [6.07, 6.45) is 0. The number of hydrogen-bond donors (Lipinski definition) is 2. The van der Waals surface area contributed by atoms with Crippen LogP contribution in [0, 0.1) is 0 Å². The molecule has 134 valence electrons. The van der Waals surface area contributed by atoms with Gasteiger partial charge in [0.25, 0.3) is 0 Å². The SMILES string of the molecule is O=S(=O)(N[C@@H](C[NH+]1CCOCC1)c1ccccc1)c1ccccc1Cl. The molecule has 1 atom stereocenters. The molecule has 0 saturated carbocycles. The highest BCUT2D eigenvalue weighted by Crippen LogP contribution is 2.22. The molecule has 0 aromatic heterocycles. The first kappa shape index (κ1) is 18.4. The topological polar surface area (TPSA) is 59.8 Å². The van der Waals surface area contributed by atoms with E-state index in [9.17, 15) is 8.42 Å². The molecule has 0 amide bonds. The van der Waals surface area contributed by atoms with Crippen molar-refractivity contribution in [3.63, 3.8) is 0 Å². The van der Waals surface area contributed by atoms with Gasteiger partial charge in [-0.15, -0.1) is 0 Å². The lowest BCUT2D eigenvalue weighted by Gasteiger charge is -2.28. The standard InChI is InChI=1S/C18H21ClN2O3S/c19-16-8-4-5-9-18(16)25(22,23)20-17(15-6-2-1-3-7-15)14-21-10-12-24-13-11-21/h1-9,17,20H,10-14H2/p+1/t17-/m0/s1. The number of ether oxygens (including phenoxy) is 1. The largest absolute Gasteiger partial charge is 0.370 e. The number of sulfonamides is 1. The summed E-state index contributed by atoms with van der Waals surface area (Å²) in [5, 5.41) is 0.223. The molecule has 2 aromatic rings. The van der Waals surface area contributed by atoms with Gasteiger partial charge >= 0.3 is 0 Å². The third-order valence-electron chi connectivity index (χ3n) is 4.32. The van der Waals surface area contributed by atoms with Crippen molar-refractivity contribution >= 4 is 21.6 Å². The smallest absolute Gasteiger partial charge is 0.242 e. The minimum atomic E-state index is -3.72. The van der Waals surface area contributed by atoms with Gasteiger partial charge in [-0.3, -0.25) is 0 Å². The molecule has 2 N–H and O–H groups in total. The van der Waals surface area contributed by atoms with Gasteiger partial charge in [0, 0.05) is 0 Å². The molecule has 0 bridgehead atoms. The van der Waals surface area contributed by atoms with Crippen molar-refractivity contribution in [1.29, 1.82) is 0 Å². The van der Waals surface area contributed by atoms with Crippen molar-refractivity contribution < 1.29 is 18.1 Å². The van der Waals surface area contributed by atoms with Gasteiger partial charge in [-0.1, -0.05) is 54.1 Å². The zero-order chi connectivity index (χ0) is 17.7. The summed E-state index contributed by atoms with van der Waals surface area (Å²) in [6, 6.07) is 15.8. The summed E-state index contributed by atoms with van der Waals surface area (Å²) in [7, 11) is -3.72. The minimum Gasteiger partial charge on any atom is -0.370 e. The van der Waals surface area contributed by atoms with E-state index in [4.69, 9.17) is 16.3 Å². The second-order valence-corrected chi connectivity index (χ2v) is 8.17. The Labute approximate surface area is 153 Å². The van der Waals surface area contributed by atoms with Crippen molar-refractivity contribution in [2.45, 2.75) is 10.9 Å². The van der Waals surface area contributed by atoms with Crippen LogP contribution in [-0.2, 0) is 14.8 Å². The number of morpholine rings is 1. The second kappa shape index (κ2) is 8.29. The van der Waals surface area contributed by atoms with Crippen LogP contribution in [0.3, 0.4) is 0 Å². The van der Waals surface area contributed by atoms with Gasteiger partial charge in [0.1, 0.15) is 18.0 Å². The highest BCUT2D eigenvalue weighted by atomic mass is 35.5. The van der Waals surface area contributed by atoms with Gasteiger partial charge < -0.3 is 9.64 Å². The highest BCUT2D eigenvalue weighted by Gasteiger charge is 2.27. The van der Waals surface area contributed by atoms with E-state index in [1.165, 1.54) is 11.0 Å². The van der Waals surface area contributed by atoms with E-state index in [1.807, 2.05) is 30.3 Å². The van der Waals surface area contributed by atoms with Crippen LogP contribution >= 0.6 is 11.6 Å². The Balaban J connectivity index is 1.85. The summed E-state index contributed by atoms with van der Waals surface area (Å²) in [5.74, 6) is 0. The molecule has 7 heteroatoms. The Morgan fingerprint density at radius 3 is 2.36 bits per heavy atom. The molecule has 0 spiro atoms. The lowest BCUT2D eigenvalue weighted by Crippen LogP contribution is -3.14. The average molecular weight is 382 g/mol. The third-order valence-corrected chi connectivity index (χ3v) is 6.29. The van der Waals surface area contributed by atoms with E-state index in [2.05, 4.69) is 4.72 Å². The van der Waals surface area contributed by atoms with Crippen molar-refractivity contribution in [1.82, 2.24) is 4.72 Å². The maximum Gasteiger partial charge on any atom is 0.242 e. The van der Waals surface area contributed by atoms with Gasteiger partial charge in [-0.2, -0.15) is 4.72 Å². The van der Waals surface area contributed by atoms with E-state index in [0.29, 0.717) is 19.8 Å². The molecule has 1 fully saturated rings. The number of rotatable bonds is 6. The van der Waals surface area contributed by atoms with E-state index < -0.39 is 10.0 Å². The number of halogens is 1. The summed E-state index contributed by atoms with van der Waals surface area (Å²) in [5.41, 5.74) is 0.942. The molecule has 0 unspecified atom stereocenters. The van der Waals surface area contributed by atoms with Gasteiger partial charge in [0.15, 0.2) is 0 Å². The van der Waals surface area contributed by atoms with E-state index in [1.54, 1.807) is 18.2 Å². The zero-order valence-electron chi connectivity index (χ0n) is 13.8. The van der Waals surface area contributed by atoms with Crippen molar-refractivity contribution in [2.75, 3.05) is 32.8 Å². The van der Waals surface area contributed by atoms with E-state index >= 15 is 0 Å². The fourth-order valence-corrected chi connectivity index (χ4v) is 4.72. The van der Waals surface area contributed by atoms with Crippen LogP contribution in [0.25, 0.3) is 0 Å². The normalized spacial score (nSPS) is 17.3. The molecule has 1 saturated heterocycles. The zero-order valence-corrected chi connectivity index (χ0v) is 15.4. The Morgan fingerprint density at radius 1 is 1.04 bits per heavy atom. The lowest BCUT2D eigenvalue weighted by molar-refractivity contribution is -0.909. The number of hydrogen-bond acceptors (Lipinski definition) is 3. The van der Waals surface area contributed by atoms with Crippen LogP contribution in [0.4, 0.5) is 0 Å². The third kappa shape index (κ3) is 4.80. The average Bonchev–Trinajstić information content (AvgIpc) is 2.63. The van der Waals surface area contributed by atoms with Crippen LogP contribution in [0.15, 0.2) is 59.5 Å². The van der Waals surface area contributed by atoms with Crippen molar-refractivity contribution in [2.24, 2.45) is 0 Å². The first-order valence-corrected chi connectivity index (χ1v) is 10.2. The summed E-state index contributed by atoms with van der Waals surface area (Å²) in [4.78, 5) is 1.43. The predicted octanol–water partition coefficient (Wildman–Crippen LogP) is 1.27. The van der Waals surface area contributed by atoms with Crippen LogP contribution in [0.2, 0.25) is 5.02 Å². The molecule has 1 heterocycles. The van der Waals surface area contributed by atoms with E-state index in [0.717, 1.165) is 18.7 Å². The Kier molecular flexibility index (Phi) is 6.09. The van der Waals surface area contributed by atoms with Gasteiger partial charge in [-0.05, 0) is 17.7 Å². The fourth-order valence-electron chi connectivity index (χ4n) is 2.98. The van der Waals surface area contributed by atoms with Crippen molar-refractivity contribution in [3.05, 3.63) is 65.2 Å². The molecule has 1 aliphatic rings. The molecule has 3 rings (SSSR count). The molecule has 2 aromatic carbocycles. The first-order chi connectivity index (χ1) is 12.1. The molecule has 0 radical (unpaired) electrons. The summed E-state index contributed by atoms with van der Waals surface area (Å²) in [6.45, 7) is 3.81. The lowest BCUT2D eigenvalue weighted by atomic mass is 10.1. The second-order valence-electron chi connectivity index (χ2n) is 6.08. The highest BCUT2D eigenvalue weighted by molar-refractivity contribution is 7.89. The Morgan fingerprint density at radius 2 is 1.68 bits per heavy atom. The molecule has 25 heavy (non-hydrogen) atoms. The van der Waals surface area contributed by atoms with Crippen LogP contribution in [0.1, 0.15) is 11.6 Å². The maximum atomic E-state index is 12.8. The maximum absolute atomic E-state index is 12.8. The fraction of sp³-hybridized carbons (Fsp3) is 0.333. The predicted molar refractivity (Wildman–Crippen MR) is 97.3 cm³/mol. The molecule has 5 nitrogen and oxygen atoms in total. The van der Waals surface area contributed by atoms with Crippen LogP contribution in [-0.4, -0.2) is 41.3 Å².